The normalized spacial score (nSPS) is 18.4. The van der Waals surface area contributed by atoms with Crippen LogP contribution in [-0.4, -0.2) is 31.7 Å². The lowest BCUT2D eigenvalue weighted by molar-refractivity contribution is -0.137. The van der Waals surface area contributed by atoms with E-state index < -0.39 is 11.7 Å². The second-order valence-electron chi connectivity index (χ2n) is 4.90. The Kier molecular flexibility index (Phi) is 7.12. The van der Waals surface area contributed by atoms with Crippen molar-refractivity contribution in [1.82, 2.24) is 10.6 Å². The zero-order valence-corrected chi connectivity index (χ0v) is 12.6. The van der Waals surface area contributed by atoms with Crippen LogP contribution in [0.25, 0.3) is 0 Å². The number of ether oxygens (including phenoxy) is 1. The average molecular weight is 339 g/mol. The molecule has 0 radical (unpaired) electrons. The number of morpholine rings is 1. The number of hydrogen-bond acceptors (Lipinski definition) is 3. The molecule has 1 saturated heterocycles. The highest BCUT2D eigenvalue weighted by molar-refractivity contribution is 5.85. The molecule has 1 atom stereocenters. The molecule has 2 rings (SSSR count). The number of nitrogens with one attached hydrogen (secondary N) is 2. The molecule has 2 N–H and O–H groups in total. The summed E-state index contributed by atoms with van der Waals surface area (Å²) in [5, 5.41) is 5.85. The predicted octanol–water partition coefficient (Wildman–Crippen LogP) is 2.12. The second kappa shape index (κ2) is 8.36. The Hall–Kier alpha value is -1.31. The summed E-state index contributed by atoms with van der Waals surface area (Å²) < 4.78 is 42.5. The molecule has 4 nitrogen and oxygen atoms in total. The van der Waals surface area contributed by atoms with Crippen LogP contribution in [-0.2, 0) is 22.3 Å². The molecule has 0 bridgehead atoms. The highest BCUT2D eigenvalue weighted by Crippen LogP contribution is 2.28. The molecule has 0 saturated carbocycles. The van der Waals surface area contributed by atoms with E-state index >= 15 is 0 Å². The maximum absolute atomic E-state index is 12.4. The minimum absolute atomic E-state index is 0. The Labute approximate surface area is 132 Å². The molecule has 1 unspecified atom stereocenters. The van der Waals surface area contributed by atoms with E-state index in [-0.39, 0.29) is 30.9 Å². The fourth-order valence-electron chi connectivity index (χ4n) is 2.06. The number of carbonyl (C=O) groups excluding carboxylic acids is 1. The summed E-state index contributed by atoms with van der Waals surface area (Å²) >= 11 is 0. The smallest absolute Gasteiger partial charge is 0.378 e. The molecular weight excluding hydrogens is 321 g/mol. The minimum atomic E-state index is -4.34. The molecule has 1 aromatic carbocycles. The summed E-state index contributed by atoms with van der Waals surface area (Å²) in [6.45, 7) is 2.07. The number of rotatable bonds is 4. The number of carbonyl (C=O) groups is 1. The van der Waals surface area contributed by atoms with Crippen molar-refractivity contribution >= 4 is 18.3 Å². The topological polar surface area (TPSA) is 50.4 Å². The van der Waals surface area contributed by atoms with Crippen LogP contribution in [0.4, 0.5) is 13.2 Å². The molecule has 0 spiro atoms. The second-order valence-corrected chi connectivity index (χ2v) is 4.90. The van der Waals surface area contributed by atoms with E-state index in [1.54, 1.807) is 0 Å². The van der Waals surface area contributed by atoms with Crippen LogP contribution < -0.4 is 10.6 Å². The molecular formula is C14H18ClF3N2O2. The molecule has 1 aromatic rings. The summed E-state index contributed by atoms with van der Waals surface area (Å²) in [7, 11) is 0. The minimum Gasteiger partial charge on any atom is -0.378 e. The van der Waals surface area contributed by atoms with Crippen LogP contribution in [0, 0.1) is 0 Å². The van der Waals surface area contributed by atoms with Gasteiger partial charge in [0.2, 0.25) is 5.91 Å². The zero-order valence-electron chi connectivity index (χ0n) is 11.8. The first-order valence-electron chi connectivity index (χ1n) is 6.69. The van der Waals surface area contributed by atoms with Gasteiger partial charge >= 0.3 is 6.18 Å². The van der Waals surface area contributed by atoms with Crippen molar-refractivity contribution in [3.63, 3.8) is 0 Å². The quantitative estimate of drug-likeness (QED) is 0.884. The van der Waals surface area contributed by atoms with E-state index in [4.69, 9.17) is 4.74 Å². The first-order chi connectivity index (χ1) is 9.95. The third kappa shape index (κ3) is 5.82. The predicted molar refractivity (Wildman–Crippen MR) is 77.8 cm³/mol. The molecule has 1 aliphatic rings. The fraction of sp³-hybridized carbons (Fsp3) is 0.500. The molecule has 124 valence electrons. The summed E-state index contributed by atoms with van der Waals surface area (Å²) in [6, 6.07) is 4.75. The largest absolute Gasteiger partial charge is 0.416 e. The van der Waals surface area contributed by atoms with Gasteiger partial charge in [-0.3, -0.25) is 4.79 Å². The Balaban J connectivity index is 0.00000242. The molecule has 22 heavy (non-hydrogen) atoms. The van der Waals surface area contributed by atoms with Gasteiger partial charge < -0.3 is 15.4 Å². The van der Waals surface area contributed by atoms with E-state index in [0.717, 1.165) is 18.7 Å². The Morgan fingerprint density at radius 3 is 2.55 bits per heavy atom. The van der Waals surface area contributed by atoms with Gasteiger partial charge in [0.25, 0.3) is 0 Å². The molecule has 8 heteroatoms. The van der Waals surface area contributed by atoms with Crippen molar-refractivity contribution in [3.05, 3.63) is 35.4 Å². The van der Waals surface area contributed by atoms with Crippen LogP contribution in [0.15, 0.2) is 24.3 Å². The Bertz CT molecular complexity index is 474. The average Bonchev–Trinajstić information content (AvgIpc) is 2.46. The van der Waals surface area contributed by atoms with Gasteiger partial charge in [0.15, 0.2) is 0 Å². The van der Waals surface area contributed by atoms with Crippen LogP contribution in [0.1, 0.15) is 17.5 Å². The Morgan fingerprint density at radius 2 is 2.00 bits per heavy atom. The molecule has 1 aliphatic heterocycles. The van der Waals surface area contributed by atoms with Gasteiger partial charge in [0.05, 0.1) is 18.8 Å². The zero-order chi connectivity index (χ0) is 15.3. The van der Waals surface area contributed by atoms with Crippen molar-refractivity contribution in [2.75, 3.05) is 19.8 Å². The van der Waals surface area contributed by atoms with Crippen molar-refractivity contribution in [2.24, 2.45) is 0 Å². The molecule has 1 fully saturated rings. The molecule has 1 amide bonds. The molecule has 0 aliphatic carbocycles. The highest BCUT2D eigenvalue weighted by atomic mass is 35.5. The lowest BCUT2D eigenvalue weighted by Crippen LogP contribution is -2.44. The molecule has 1 heterocycles. The van der Waals surface area contributed by atoms with Gasteiger partial charge in [-0.1, -0.05) is 12.1 Å². The third-order valence-electron chi connectivity index (χ3n) is 3.20. The maximum Gasteiger partial charge on any atom is 0.416 e. The molecule has 0 aromatic heterocycles. The number of alkyl halides is 3. The van der Waals surface area contributed by atoms with E-state index in [0.29, 0.717) is 25.2 Å². The van der Waals surface area contributed by atoms with Crippen LogP contribution >= 0.6 is 12.4 Å². The van der Waals surface area contributed by atoms with Crippen LogP contribution in [0.3, 0.4) is 0 Å². The van der Waals surface area contributed by atoms with E-state index in [9.17, 15) is 18.0 Å². The first-order valence-corrected chi connectivity index (χ1v) is 6.69. The van der Waals surface area contributed by atoms with Gasteiger partial charge in [-0.25, -0.2) is 0 Å². The van der Waals surface area contributed by atoms with E-state index in [1.165, 1.54) is 12.1 Å². The van der Waals surface area contributed by atoms with Crippen molar-refractivity contribution in [2.45, 2.75) is 25.2 Å². The van der Waals surface area contributed by atoms with Gasteiger partial charge in [0.1, 0.15) is 0 Å². The van der Waals surface area contributed by atoms with Gasteiger partial charge in [0, 0.05) is 25.6 Å². The number of benzene rings is 1. The van der Waals surface area contributed by atoms with Crippen molar-refractivity contribution in [1.29, 1.82) is 0 Å². The van der Waals surface area contributed by atoms with Gasteiger partial charge in [-0.15, -0.1) is 12.4 Å². The Morgan fingerprint density at radius 1 is 1.32 bits per heavy atom. The van der Waals surface area contributed by atoms with E-state index in [2.05, 4.69) is 10.6 Å². The number of halogens is 4. The lowest BCUT2D eigenvalue weighted by Gasteiger charge is -2.23. The SMILES string of the molecule is Cl.O=C(CC1COCCN1)NCc1ccc(C(F)(F)F)cc1. The third-order valence-corrected chi connectivity index (χ3v) is 3.20. The monoisotopic (exact) mass is 338 g/mol. The van der Waals surface area contributed by atoms with Crippen LogP contribution in [0.5, 0.6) is 0 Å². The maximum atomic E-state index is 12.4. The summed E-state index contributed by atoms with van der Waals surface area (Å²) in [5.41, 5.74) is -0.0645. The standard InChI is InChI=1S/C14H17F3N2O2.ClH/c15-14(16,17)11-3-1-10(2-4-11)8-19-13(20)7-12-9-21-6-5-18-12;/h1-4,12,18H,5-9H2,(H,19,20);1H. The van der Waals surface area contributed by atoms with Crippen LogP contribution in [0.2, 0.25) is 0 Å². The highest BCUT2D eigenvalue weighted by Gasteiger charge is 2.29. The summed E-state index contributed by atoms with van der Waals surface area (Å²) in [5.74, 6) is -0.155. The fourth-order valence-corrected chi connectivity index (χ4v) is 2.06. The summed E-state index contributed by atoms with van der Waals surface area (Å²) in [6.07, 6.45) is -4.05. The lowest BCUT2D eigenvalue weighted by atomic mass is 10.1. The van der Waals surface area contributed by atoms with E-state index in [1.807, 2.05) is 0 Å². The number of amides is 1. The first kappa shape index (κ1) is 18.7. The van der Waals surface area contributed by atoms with Gasteiger partial charge in [-0.05, 0) is 17.7 Å². The van der Waals surface area contributed by atoms with Gasteiger partial charge in [-0.2, -0.15) is 13.2 Å². The summed E-state index contributed by atoms with van der Waals surface area (Å²) in [4.78, 5) is 11.7. The van der Waals surface area contributed by atoms with Crippen molar-refractivity contribution in [3.8, 4) is 0 Å². The van der Waals surface area contributed by atoms with Crippen molar-refractivity contribution < 1.29 is 22.7 Å². The number of hydrogen-bond donors (Lipinski definition) is 2.